The molecule has 0 atom stereocenters. The third-order valence-electron chi connectivity index (χ3n) is 10.2. The maximum absolute atomic E-state index is 5.06. The number of rotatable bonds is 6. The number of nitrogens with zero attached hydrogens (tertiary/aromatic N) is 2. The maximum Gasteiger partial charge on any atom is 0.160 e. The van der Waals surface area contributed by atoms with Crippen LogP contribution in [0, 0.1) is 0 Å². The minimum Gasteiger partial charge on any atom is -0.228 e. The van der Waals surface area contributed by atoms with Crippen molar-refractivity contribution < 1.29 is 0 Å². The first-order valence-corrected chi connectivity index (χ1v) is 17.7. The van der Waals surface area contributed by atoms with E-state index in [1.165, 1.54) is 60.8 Å². The first kappa shape index (κ1) is 30.0. The number of hydrogen-bond acceptors (Lipinski definition) is 2. The van der Waals surface area contributed by atoms with Gasteiger partial charge in [-0.1, -0.05) is 170 Å². The van der Waals surface area contributed by atoms with E-state index in [4.69, 9.17) is 9.97 Å². The van der Waals surface area contributed by atoms with Gasteiger partial charge in [-0.25, -0.2) is 9.97 Å². The quantitative estimate of drug-likeness (QED) is 0.177. The van der Waals surface area contributed by atoms with Crippen molar-refractivity contribution in [2.45, 2.75) is 0 Å². The Morgan fingerprint density at radius 3 is 1.29 bits per heavy atom. The Morgan fingerprint density at radius 2 is 0.692 bits per heavy atom. The van der Waals surface area contributed by atoms with E-state index in [2.05, 4.69) is 182 Å². The van der Waals surface area contributed by atoms with Gasteiger partial charge in [0.15, 0.2) is 5.82 Å². The van der Waals surface area contributed by atoms with Gasteiger partial charge in [0.25, 0.3) is 0 Å². The van der Waals surface area contributed by atoms with E-state index < -0.39 is 0 Å². The van der Waals surface area contributed by atoms with Crippen molar-refractivity contribution in [3.05, 3.63) is 194 Å². The lowest BCUT2D eigenvalue weighted by atomic mass is 9.90. The van der Waals surface area contributed by atoms with E-state index in [0.717, 1.165) is 33.6 Å². The highest BCUT2D eigenvalue weighted by molar-refractivity contribution is 6.18. The van der Waals surface area contributed by atoms with Crippen molar-refractivity contribution in [2.75, 3.05) is 0 Å². The Bertz CT molecular complexity index is 2660. The second-order valence-electron chi connectivity index (χ2n) is 13.4. The van der Waals surface area contributed by atoms with Crippen LogP contribution in [0.1, 0.15) is 0 Å². The average Bonchev–Trinajstić information content (AvgIpc) is 3.56. The molecule has 1 aromatic heterocycles. The van der Waals surface area contributed by atoms with Crippen LogP contribution in [0.5, 0.6) is 0 Å². The molecule has 2 nitrogen and oxygen atoms in total. The summed E-state index contributed by atoms with van der Waals surface area (Å²) in [7, 11) is 0. The van der Waals surface area contributed by atoms with E-state index in [-0.39, 0.29) is 0 Å². The van der Waals surface area contributed by atoms with E-state index in [9.17, 15) is 0 Å². The van der Waals surface area contributed by atoms with Crippen LogP contribution in [0.15, 0.2) is 194 Å². The Kier molecular flexibility index (Phi) is 7.18. The molecule has 0 aliphatic heterocycles. The zero-order valence-electron chi connectivity index (χ0n) is 28.4. The molecule has 0 bridgehead atoms. The number of hydrogen-bond donors (Lipinski definition) is 0. The lowest BCUT2D eigenvalue weighted by molar-refractivity contribution is 1.18. The molecule has 8 aromatic carbocycles. The zero-order valence-corrected chi connectivity index (χ0v) is 28.4. The molecule has 52 heavy (non-hydrogen) atoms. The van der Waals surface area contributed by atoms with Crippen LogP contribution in [0.4, 0.5) is 0 Å². The molecule has 0 spiro atoms. The molecule has 10 rings (SSSR count). The molecule has 0 fully saturated rings. The first-order chi connectivity index (χ1) is 25.8. The Balaban J connectivity index is 1.09. The molecule has 1 aliphatic rings. The van der Waals surface area contributed by atoms with Crippen LogP contribution in [0.25, 0.3) is 100 Å². The lowest BCUT2D eigenvalue weighted by Gasteiger charge is -2.14. The van der Waals surface area contributed by atoms with Gasteiger partial charge in [0, 0.05) is 16.7 Å². The van der Waals surface area contributed by atoms with Crippen LogP contribution >= 0.6 is 0 Å². The van der Waals surface area contributed by atoms with Crippen LogP contribution in [-0.2, 0) is 0 Å². The summed E-state index contributed by atoms with van der Waals surface area (Å²) in [6.45, 7) is 0. The van der Waals surface area contributed by atoms with Gasteiger partial charge in [-0.3, -0.25) is 0 Å². The van der Waals surface area contributed by atoms with Gasteiger partial charge < -0.3 is 0 Å². The third-order valence-corrected chi connectivity index (χ3v) is 10.2. The summed E-state index contributed by atoms with van der Waals surface area (Å²) < 4.78 is 0. The molecular weight excluding hydrogens is 629 g/mol. The molecule has 242 valence electrons. The second-order valence-corrected chi connectivity index (χ2v) is 13.4. The summed E-state index contributed by atoms with van der Waals surface area (Å²) in [5, 5.41) is 2.62. The van der Waals surface area contributed by atoms with E-state index in [1.807, 2.05) is 12.1 Å². The maximum atomic E-state index is 5.06. The van der Waals surface area contributed by atoms with Crippen LogP contribution < -0.4 is 0 Å². The predicted molar refractivity (Wildman–Crippen MR) is 217 cm³/mol. The van der Waals surface area contributed by atoms with Gasteiger partial charge in [0.05, 0.1) is 11.4 Å². The van der Waals surface area contributed by atoms with E-state index in [0.29, 0.717) is 5.82 Å². The van der Waals surface area contributed by atoms with Gasteiger partial charge in [0.1, 0.15) is 0 Å². The summed E-state index contributed by atoms with van der Waals surface area (Å²) in [6, 6.07) is 69.2. The van der Waals surface area contributed by atoms with Gasteiger partial charge in [-0.2, -0.15) is 0 Å². The summed E-state index contributed by atoms with van der Waals surface area (Å²) in [5.74, 6) is 0.708. The normalized spacial score (nSPS) is 11.5. The molecule has 2 heteroatoms. The van der Waals surface area contributed by atoms with Gasteiger partial charge in [-0.05, 0) is 90.7 Å². The van der Waals surface area contributed by atoms with Crippen molar-refractivity contribution in [3.8, 4) is 89.5 Å². The van der Waals surface area contributed by atoms with Crippen molar-refractivity contribution in [1.29, 1.82) is 0 Å². The predicted octanol–water partition coefficient (Wildman–Crippen LogP) is 13.3. The molecule has 0 amide bonds. The summed E-state index contributed by atoms with van der Waals surface area (Å²) in [6.07, 6.45) is 0. The highest BCUT2D eigenvalue weighted by Gasteiger charge is 2.22. The summed E-state index contributed by atoms with van der Waals surface area (Å²) in [5.41, 5.74) is 17.3. The largest absolute Gasteiger partial charge is 0.228 e. The molecule has 1 aliphatic carbocycles. The first-order valence-electron chi connectivity index (χ1n) is 17.7. The highest BCUT2D eigenvalue weighted by atomic mass is 14.9. The molecule has 0 unspecified atom stereocenters. The summed E-state index contributed by atoms with van der Waals surface area (Å²) in [4.78, 5) is 10.1. The Hall–Kier alpha value is -6.90. The molecule has 1 heterocycles. The third kappa shape index (κ3) is 5.21. The minimum absolute atomic E-state index is 0.708. The average molecular weight is 661 g/mol. The van der Waals surface area contributed by atoms with Crippen LogP contribution in [-0.4, -0.2) is 9.97 Å². The molecule has 9 aromatic rings. The van der Waals surface area contributed by atoms with Crippen molar-refractivity contribution >= 4 is 10.8 Å². The second kappa shape index (κ2) is 12.5. The fraction of sp³-hybridized carbons (Fsp3) is 0. The van der Waals surface area contributed by atoms with Gasteiger partial charge >= 0.3 is 0 Å². The summed E-state index contributed by atoms with van der Waals surface area (Å²) >= 11 is 0. The molecule has 0 saturated heterocycles. The SMILES string of the molecule is c1ccc(-c2cc(-c3ccc(-c4nc(-c5ccccc5)cc(-c5ccccc5)n4)cc3)cc(-c3ccc4c5c(cccc35)-c3ccccc3-4)c2)cc1. The van der Waals surface area contributed by atoms with Crippen molar-refractivity contribution in [1.82, 2.24) is 9.97 Å². The fourth-order valence-corrected chi connectivity index (χ4v) is 7.71. The standard InChI is InChI=1S/C50H32N2/c1-4-13-33(14-5-1)38-29-39(31-40(30-38)41-27-28-46-43-20-11-10-19-42(43)45-22-12-21-44(41)49(45)46)34-23-25-37(26-24-34)50-51-47(35-15-6-2-7-16-35)32-48(52-50)36-17-8-3-9-18-36/h1-32H. The molecule has 0 N–H and O–H groups in total. The lowest BCUT2D eigenvalue weighted by Crippen LogP contribution is -1.96. The van der Waals surface area contributed by atoms with E-state index >= 15 is 0 Å². The zero-order chi connectivity index (χ0) is 34.4. The monoisotopic (exact) mass is 660 g/mol. The van der Waals surface area contributed by atoms with E-state index in [1.54, 1.807) is 0 Å². The topological polar surface area (TPSA) is 25.8 Å². The molecule has 0 saturated carbocycles. The highest BCUT2D eigenvalue weighted by Crippen LogP contribution is 2.49. The smallest absolute Gasteiger partial charge is 0.160 e. The number of aromatic nitrogens is 2. The van der Waals surface area contributed by atoms with Gasteiger partial charge in [0.2, 0.25) is 0 Å². The van der Waals surface area contributed by atoms with Crippen molar-refractivity contribution in [2.24, 2.45) is 0 Å². The number of benzene rings is 8. The minimum atomic E-state index is 0.708. The number of fused-ring (bicyclic) bond motifs is 3. The van der Waals surface area contributed by atoms with Gasteiger partial charge in [-0.15, -0.1) is 0 Å². The Labute approximate surface area is 303 Å². The van der Waals surface area contributed by atoms with Crippen LogP contribution in [0.2, 0.25) is 0 Å². The molecule has 0 radical (unpaired) electrons. The van der Waals surface area contributed by atoms with Crippen molar-refractivity contribution in [3.63, 3.8) is 0 Å². The van der Waals surface area contributed by atoms with Crippen LogP contribution in [0.3, 0.4) is 0 Å². The Morgan fingerprint density at radius 1 is 0.250 bits per heavy atom. The fourth-order valence-electron chi connectivity index (χ4n) is 7.71. The molecular formula is C50H32N2.